The molecule has 3 amide bonds. The molecule has 2 aromatic carbocycles. The summed E-state index contributed by atoms with van der Waals surface area (Å²) in [7, 11) is 0. The molecule has 29 heavy (non-hydrogen) atoms. The van der Waals surface area contributed by atoms with Crippen molar-refractivity contribution < 1.29 is 14.0 Å². The minimum absolute atomic E-state index is 0.00337. The first-order chi connectivity index (χ1) is 13.9. The van der Waals surface area contributed by atoms with E-state index in [2.05, 4.69) is 5.32 Å². The van der Waals surface area contributed by atoms with Gasteiger partial charge in [0.2, 0.25) is 0 Å². The molecular formula is C23H26FN3O2. The van der Waals surface area contributed by atoms with Gasteiger partial charge in [-0.15, -0.1) is 0 Å². The molecular weight excluding hydrogens is 369 g/mol. The molecule has 0 radical (unpaired) electrons. The molecule has 2 fully saturated rings. The molecule has 0 aliphatic carbocycles. The number of hydrogen-bond acceptors (Lipinski definition) is 2. The van der Waals surface area contributed by atoms with Crippen molar-refractivity contribution in [1.82, 2.24) is 10.2 Å². The zero-order chi connectivity index (χ0) is 20.5. The summed E-state index contributed by atoms with van der Waals surface area (Å²) >= 11 is 0. The lowest BCUT2D eigenvalue weighted by Gasteiger charge is -2.20. The third-order valence-electron chi connectivity index (χ3n) is 5.92. The van der Waals surface area contributed by atoms with Crippen LogP contribution in [0.1, 0.15) is 33.5 Å². The molecule has 152 valence electrons. The van der Waals surface area contributed by atoms with E-state index in [9.17, 15) is 14.0 Å². The highest BCUT2D eigenvalue weighted by Gasteiger charge is 2.29. The van der Waals surface area contributed by atoms with Crippen LogP contribution in [0.5, 0.6) is 0 Å². The first kappa shape index (κ1) is 19.4. The van der Waals surface area contributed by atoms with Crippen LogP contribution in [0.2, 0.25) is 0 Å². The molecule has 2 aromatic rings. The maximum atomic E-state index is 13.5. The van der Waals surface area contributed by atoms with E-state index in [4.69, 9.17) is 0 Å². The Kier molecular flexibility index (Phi) is 5.26. The monoisotopic (exact) mass is 395 g/mol. The van der Waals surface area contributed by atoms with Gasteiger partial charge < -0.3 is 10.2 Å². The van der Waals surface area contributed by atoms with Crippen LogP contribution in [0, 0.1) is 25.6 Å². The first-order valence-electron chi connectivity index (χ1n) is 10.1. The van der Waals surface area contributed by atoms with Crippen molar-refractivity contribution in [3.05, 3.63) is 64.5 Å². The lowest BCUT2D eigenvalue weighted by Crippen LogP contribution is -2.30. The number of hydrogen-bond donors (Lipinski definition) is 1. The molecule has 1 atom stereocenters. The predicted molar refractivity (Wildman–Crippen MR) is 111 cm³/mol. The maximum Gasteiger partial charge on any atom is 0.322 e. The van der Waals surface area contributed by atoms with Crippen LogP contribution in [-0.2, 0) is 6.42 Å². The number of nitrogens with zero attached hydrogens (tertiary/aromatic N) is 2. The fraction of sp³-hybridized carbons (Fsp3) is 0.391. The number of halogens is 1. The molecule has 0 aromatic heterocycles. The predicted octanol–water partition coefficient (Wildman–Crippen LogP) is 3.68. The fourth-order valence-corrected chi connectivity index (χ4v) is 4.27. The van der Waals surface area contributed by atoms with Gasteiger partial charge in [0.25, 0.3) is 5.91 Å². The summed E-state index contributed by atoms with van der Waals surface area (Å²) in [5.41, 5.74) is 4.16. The number of rotatable bonds is 4. The second kappa shape index (κ2) is 7.85. The highest BCUT2D eigenvalue weighted by molar-refractivity contribution is 5.99. The highest BCUT2D eigenvalue weighted by atomic mass is 19.1. The number of amides is 3. The molecule has 1 unspecified atom stereocenters. The van der Waals surface area contributed by atoms with Crippen LogP contribution in [0.4, 0.5) is 14.9 Å². The Morgan fingerprint density at radius 3 is 2.69 bits per heavy atom. The van der Waals surface area contributed by atoms with E-state index in [1.165, 1.54) is 6.07 Å². The Morgan fingerprint density at radius 1 is 1.14 bits per heavy atom. The van der Waals surface area contributed by atoms with Crippen LogP contribution in [-0.4, -0.2) is 43.0 Å². The van der Waals surface area contributed by atoms with Crippen molar-refractivity contribution >= 4 is 17.6 Å². The van der Waals surface area contributed by atoms with Crippen LogP contribution < -0.4 is 10.2 Å². The smallest absolute Gasteiger partial charge is 0.322 e. The maximum absolute atomic E-state index is 13.5. The average molecular weight is 395 g/mol. The molecule has 4 rings (SSSR count). The summed E-state index contributed by atoms with van der Waals surface area (Å²) < 4.78 is 13.5. The van der Waals surface area contributed by atoms with Crippen molar-refractivity contribution in [2.45, 2.75) is 26.7 Å². The molecule has 2 heterocycles. The van der Waals surface area contributed by atoms with E-state index in [1.807, 2.05) is 42.2 Å². The zero-order valence-electron chi connectivity index (χ0n) is 16.9. The SMILES string of the molecule is Cc1cc(CC2CCN(C(=O)c3ccc(C)c(N4CCNC4=O)c3)C2)ccc1F. The molecule has 6 heteroatoms. The quantitative estimate of drug-likeness (QED) is 0.859. The lowest BCUT2D eigenvalue weighted by atomic mass is 9.97. The van der Waals surface area contributed by atoms with Gasteiger partial charge in [0.1, 0.15) is 5.82 Å². The third-order valence-corrected chi connectivity index (χ3v) is 5.92. The molecule has 2 saturated heterocycles. The lowest BCUT2D eigenvalue weighted by molar-refractivity contribution is 0.0787. The van der Waals surface area contributed by atoms with Crippen molar-refractivity contribution in [1.29, 1.82) is 0 Å². The summed E-state index contributed by atoms with van der Waals surface area (Å²) in [5.74, 6) is 0.195. The number of urea groups is 1. The molecule has 0 bridgehead atoms. The molecule has 2 aliphatic rings. The van der Waals surface area contributed by atoms with Crippen molar-refractivity contribution in [2.75, 3.05) is 31.1 Å². The number of benzene rings is 2. The van der Waals surface area contributed by atoms with E-state index in [1.54, 1.807) is 11.8 Å². The molecule has 5 nitrogen and oxygen atoms in total. The van der Waals surface area contributed by atoms with Crippen molar-refractivity contribution in [3.8, 4) is 0 Å². The largest absolute Gasteiger partial charge is 0.338 e. The second-order valence-corrected chi connectivity index (χ2v) is 8.08. The van der Waals surface area contributed by atoms with Crippen LogP contribution in [0.3, 0.4) is 0 Å². The van der Waals surface area contributed by atoms with Gasteiger partial charge in [-0.3, -0.25) is 9.69 Å². The number of anilines is 1. The Balaban J connectivity index is 1.45. The Hall–Kier alpha value is -2.89. The number of nitrogens with one attached hydrogen (secondary N) is 1. The fourth-order valence-electron chi connectivity index (χ4n) is 4.27. The minimum Gasteiger partial charge on any atom is -0.338 e. The summed E-state index contributed by atoms with van der Waals surface area (Å²) in [6.45, 7) is 6.37. The molecule has 2 aliphatic heterocycles. The summed E-state index contributed by atoms with van der Waals surface area (Å²) in [4.78, 5) is 28.7. The van der Waals surface area contributed by atoms with Gasteiger partial charge in [0.05, 0.1) is 0 Å². The molecule has 1 N–H and O–H groups in total. The van der Waals surface area contributed by atoms with Crippen LogP contribution >= 0.6 is 0 Å². The zero-order valence-corrected chi connectivity index (χ0v) is 16.9. The summed E-state index contributed by atoms with van der Waals surface area (Å²) in [6, 6.07) is 10.7. The average Bonchev–Trinajstić information content (AvgIpc) is 3.34. The standard InChI is InChI=1S/C23H26FN3O2/c1-15-3-5-19(13-21(15)27-10-8-25-23(27)29)22(28)26-9-7-18(14-26)12-17-4-6-20(24)16(2)11-17/h3-6,11,13,18H,7-10,12,14H2,1-2H3,(H,25,29). The van der Waals surface area contributed by atoms with Crippen molar-refractivity contribution in [3.63, 3.8) is 0 Å². The normalized spacial score (nSPS) is 19.0. The van der Waals surface area contributed by atoms with Gasteiger partial charge in [0, 0.05) is 37.4 Å². The van der Waals surface area contributed by atoms with Gasteiger partial charge in [-0.1, -0.05) is 18.2 Å². The van der Waals surface area contributed by atoms with Crippen LogP contribution in [0.15, 0.2) is 36.4 Å². The van der Waals surface area contributed by atoms with E-state index in [0.29, 0.717) is 36.7 Å². The number of carbonyl (C=O) groups excluding carboxylic acids is 2. The van der Waals surface area contributed by atoms with Gasteiger partial charge in [0.15, 0.2) is 0 Å². The van der Waals surface area contributed by atoms with Gasteiger partial charge in [-0.2, -0.15) is 0 Å². The first-order valence-corrected chi connectivity index (χ1v) is 10.1. The highest BCUT2D eigenvalue weighted by Crippen LogP contribution is 2.27. The number of likely N-dealkylation sites (tertiary alicyclic amines) is 1. The molecule has 0 spiro atoms. The van der Waals surface area contributed by atoms with Crippen molar-refractivity contribution in [2.24, 2.45) is 5.92 Å². The molecule has 0 saturated carbocycles. The Labute approximate surface area is 170 Å². The van der Waals surface area contributed by atoms with Crippen LogP contribution in [0.25, 0.3) is 0 Å². The van der Waals surface area contributed by atoms with E-state index >= 15 is 0 Å². The van der Waals surface area contributed by atoms with E-state index in [-0.39, 0.29) is 17.8 Å². The van der Waals surface area contributed by atoms with Gasteiger partial charge in [-0.25, -0.2) is 9.18 Å². The Bertz CT molecular complexity index is 959. The van der Waals surface area contributed by atoms with Gasteiger partial charge >= 0.3 is 6.03 Å². The van der Waals surface area contributed by atoms with Gasteiger partial charge in [-0.05, 0) is 67.5 Å². The Morgan fingerprint density at radius 2 is 1.97 bits per heavy atom. The summed E-state index contributed by atoms with van der Waals surface area (Å²) in [6.07, 6.45) is 1.79. The second-order valence-electron chi connectivity index (χ2n) is 8.08. The van der Waals surface area contributed by atoms with E-state index < -0.39 is 0 Å². The van der Waals surface area contributed by atoms with E-state index in [0.717, 1.165) is 36.2 Å². The number of aryl methyl sites for hydroxylation is 2. The minimum atomic E-state index is -0.182. The topological polar surface area (TPSA) is 52.7 Å². The third kappa shape index (κ3) is 3.97. The number of carbonyl (C=O) groups is 2. The summed E-state index contributed by atoms with van der Waals surface area (Å²) in [5, 5.41) is 2.80.